The molecule has 5 nitrogen and oxygen atoms in total. The Morgan fingerprint density at radius 3 is 2.35 bits per heavy atom. The Balaban J connectivity index is 3.01. The molecular formula is C18H27NO4. The number of carboxylic acids is 2. The summed E-state index contributed by atoms with van der Waals surface area (Å²) in [4.78, 5) is 27.4. The van der Waals surface area contributed by atoms with Crippen molar-refractivity contribution in [3.8, 4) is 0 Å². The van der Waals surface area contributed by atoms with E-state index in [1.807, 2.05) is 20.8 Å². The fourth-order valence-corrected chi connectivity index (χ4v) is 3.25. The molecule has 3 atom stereocenters. The molecule has 128 valence electrons. The van der Waals surface area contributed by atoms with Gasteiger partial charge in [-0.2, -0.15) is 0 Å². The average Bonchev–Trinajstić information content (AvgIpc) is 2.36. The van der Waals surface area contributed by atoms with Crippen LogP contribution in [0.15, 0.2) is 27.9 Å². The van der Waals surface area contributed by atoms with Crippen LogP contribution in [0.25, 0.3) is 0 Å². The summed E-state index contributed by atoms with van der Waals surface area (Å²) in [7, 11) is 0. The summed E-state index contributed by atoms with van der Waals surface area (Å²) in [6.07, 6.45) is 4.53. The first-order valence-corrected chi connectivity index (χ1v) is 8.00. The topological polar surface area (TPSA) is 87.0 Å². The first kappa shape index (κ1) is 19.1. The SMILES string of the molecule is CC(C)=CCCC(C)CC1C(C(=O)O)=C(C)N=C(C)C1C(=O)O. The molecule has 0 saturated carbocycles. The number of rotatable bonds is 7. The molecule has 5 heteroatoms. The molecule has 0 bridgehead atoms. The van der Waals surface area contributed by atoms with Crippen molar-refractivity contribution < 1.29 is 19.8 Å². The molecule has 1 heterocycles. The third-order valence-electron chi connectivity index (χ3n) is 4.32. The van der Waals surface area contributed by atoms with Crippen molar-refractivity contribution in [3.63, 3.8) is 0 Å². The molecule has 0 aromatic rings. The molecule has 0 aromatic heterocycles. The number of hydrogen-bond donors (Lipinski definition) is 2. The molecule has 0 amide bonds. The van der Waals surface area contributed by atoms with Crippen LogP contribution in [0, 0.1) is 17.8 Å². The van der Waals surface area contributed by atoms with Crippen molar-refractivity contribution in [3.05, 3.63) is 22.9 Å². The first-order chi connectivity index (χ1) is 10.6. The zero-order chi connectivity index (χ0) is 17.7. The summed E-state index contributed by atoms with van der Waals surface area (Å²) in [6.45, 7) is 9.45. The standard InChI is InChI=1S/C18H27NO4/c1-10(2)7-6-8-11(3)9-14-15(17(20)21)12(4)19-13(5)16(14)18(22)23/h7,11,14-15H,6,8-9H2,1-5H3,(H,20,21)(H,22,23). The largest absolute Gasteiger partial charge is 0.481 e. The zero-order valence-electron chi connectivity index (χ0n) is 14.6. The van der Waals surface area contributed by atoms with E-state index >= 15 is 0 Å². The smallest absolute Gasteiger partial charge is 0.333 e. The molecule has 3 unspecified atom stereocenters. The summed E-state index contributed by atoms with van der Waals surface area (Å²) in [6, 6.07) is 0. The molecule has 0 saturated heterocycles. The van der Waals surface area contributed by atoms with E-state index in [4.69, 9.17) is 0 Å². The molecule has 1 rings (SSSR count). The Labute approximate surface area is 137 Å². The molecule has 1 aliphatic heterocycles. The van der Waals surface area contributed by atoms with Crippen LogP contribution in [-0.4, -0.2) is 27.9 Å². The first-order valence-electron chi connectivity index (χ1n) is 8.00. The van der Waals surface area contributed by atoms with Gasteiger partial charge >= 0.3 is 11.9 Å². The lowest BCUT2D eigenvalue weighted by Gasteiger charge is -2.31. The second-order valence-electron chi connectivity index (χ2n) is 6.68. The molecule has 2 N–H and O–H groups in total. The summed E-state index contributed by atoms with van der Waals surface area (Å²) < 4.78 is 0. The van der Waals surface area contributed by atoms with Gasteiger partial charge in [-0.1, -0.05) is 18.6 Å². The van der Waals surface area contributed by atoms with E-state index in [1.54, 1.807) is 13.8 Å². The Morgan fingerprint density at radius 1 is 1.26 bits per heavy atom. The average molecular weight is 321 g/mol. The fourth-order valence-electron chi connectivity index (χ4n) is 3.25. The van der Waals surface area contributed by atoms with E-state index in [1.165, 1.54) is 5.57 Å². The fraction of sp³-hybridized carbons (Fsp3) is 0.611. The number of carbonyl (C=O) groups is 2. The van der Waals surface area contributed by atoms with Crippen molar-refractivity contribution >= 4 is 17.7 Å². The Bertz CT molecular complexity index is 568. The van der Waals surface area contributed by atoms with Gasteiger partial charge in [-0.15, -0.1) is 0 Å². The van der Waals surface area contributed by atoms with Gasteiger partial charge in [-0.25, -0.2) is 4.79 Å². The van der Waals surface area contributed by atoms with E-state index in [0.717, 1.165) is 12.8 Å². The van der Waals surface area contributed by atoms with Crippen molar-refractivity contribution in [1.29, 1.82) is 0 Å². The Hall–Kier alpha value is -1.91. The highest BCUT2D eigenvalue weighted by Gasteiger charge is 2.40. The Morgan fingerprint density at radius 2 is 1.87 bits per heavy atom. The van der Waals surface area contributed by atoms with E-state index < -0.39 is 23.8 Å². The predicted molar refractivity (Wildman–Crippen MR) is 90.5 cm³/mol. The number of allylic oxidation sites excluding steroid dienone is 3. The van der Waals surface area contributed by atoms with Crippen LogP contribution in [0.5, 0.6) is 0 Å². The van der Waals surface area contributed by atoms with Crippen LogP contribution in [0.2, 0.25) is 0 Å². The minimum Gasteiger partial charge on any atom is -0.481 e. The van der Waals surface area contributed by atoms with E-state index in [9.17, 15) is 19.8 Å². The van der Waals surface area contributed by atoms with Gasteiger partial charge in [0.05, 0.1) is 5.57 Å². The highest BCUT2D eigenvalue weighted by Crippen LogP contribution is 2.36. The quantitative estimate of drug-likeness (QED) is 0.696. The maximum Gasteiger partial charge on any atom is 0.333 e. The number of aliphatic imine (C=N–C) groups is 1. The number of carboxylic acid groups (broad SMARTS) is 2. The van der Waals surface area contributed by atoms with Crippen LogP contribution in [0.4, 0.5) is 0 Å². The van der Waals surface area contributed by atoms with Gasteiger partial charge in [0, 0.05) is 17.3 Å². The maximum absolute atomic E-state index is 11.6. The van der Waals surface area contributed by atoms with E-state index in [0.29, 0.717) is 17.8 Å². The van der Waals surface area contributed by atoms with Gasteiger partial charge in [-0.05, 0) is 52.9 Å². The molecule has 0 aromatic carbocycles. The Kier molecular flexibility index (Phi) is 6.73. The summed E-state index contributed by atoms with van der Waals surface area (Å²) >= 11 is 0. The van der Waals surface area contributed by atoms with Crippen molar-refractivity contribution in [2.45, 2.75) is 53.9 Å². The third kappa shape index (κ3) is 5.05. The summed E-state index contributed by atoms with van der Waals surface area (Å²) in [5.74, 6) is -3.20. The molecule has 0 spiro atoms. The minimum absolute atomic E-state index is 0.150. The number of hydrogen-bond acceptors (Lipinski definition) is 3. The van der Waals surface area contributed by atoms with Crippen LogP contribution in [0.1, 0.15) is 53.9 Å². The van der Waals surface area contributed by atoms with E-state index in [2.05, 4.69) is 11.1 Å². The maximum atomic E-state index is 11.6. The number of aliphatic carboxylic acids is 2. The lowest BCUT2D eigenvalue weighted by Crippen LogP contribution is -2.37. The van der Waals surface area contributed by atoms with Gasteiger partial charge < -0.3 is 10.2 Å². The summed E-state index contributed by atoms with van der Waals surface area (Å²) in [5, 5.41) is 19.0. The van der Waals surface area contributed by atoms with Gasteiger partial charge in [-0.3, -0.25) is 9.79 Å². The van der Waals surface area contributed by atoms with Gasteiger partial charge in [0.15, 0.2) is 0 Å². The monoisotopic (exact) mass is 321 g/mol. The highest BCUT2D eigenvalue weighted by molar-refractivity contribution is 6.04. The molecule has 1 aliphatic rings. The van der Waals surface area contributed by atoms with Crippen LogP contribution in [0.3, 0.4) is 0 Å². The second-order valence-corrected chi connectivity index (χ2v) is 6.68. The van der Waals surface area contributed by atoms with Crippen LogP contribution in [-0.2, 0) is 9.59 Å². The zero-order valence-corrected chi connectivity index (χ0v) is 14.6. The van der Waals surface area contributed by atoms with E-state index in [-0.39, 0.29) is 11.5 Å². The third-order valence-corrected chi connectivity index (χ3v) is 4.32. The van der Waals surface area contributed by atoms with Gasteiger partial charge in [0.1, 0.15) is 5.92 Å². The second kappa shape index (κ2) is 8.09. The van der Waals surface area contributed by atoms with Crippen LogP contribution < -0.4 is 0 Å². The lowest BCUT2D eigenvalue weighted by atomic mass is 9.74. The minimum atomic E-state index is -1.06. The normalized spacial score (nSPS) is 22.4. The molecule has 0 fully saturated rings. The lowest BCUT2D eigenvalue weighted by molar-refractivity contribution is -0.141. The summed E-state index contributed by atoms with van der Waals surface area (Å²) in [5.41, 5.74) is 2.32. The molecule has 23 heavy (non-hydrogen) atoms. The molecule has 0 radical (unpaired) electrons. The van der Waals surface area contributed by atoms with Crippen molar-refractivity contribution in [2.24, 2.45) is 22.7 Å². The molecular weight excluding hydrogens is 294 g/mol. The van der Waals surface area contributed by atoms with Gasteiger partial charge in [0.25, 0.3) is 0 Å². The van der Waals surface area contributed by atoms with Crippen molar-refractivity contribution in [1.82, 2.24) is 0 Å². The van der Waals surface area contributed by atoms with Gasteiger partial charge in [0.2, 0.25) is 0 Å². The number of nitrogens with zero attached hydrogens (tertiary/aromatic N) is 1. The highest BCUT2D eigenvalue weighted by atomic mass is 16.4. The van der Waals surface area contributed by atoms with Crippen LogP contribution >= 0.6 is 0 Å². The van der Waals surface area contributed by atoms with Crippen molar-refractivity contribution in [2.75, 3.05) is 0 Å². The molecule has 0 aliphatic carbocycles. The predicted octanol–water partition coefficient (Wildman–Crippen LogP) is 3.91.